The van der Waals surface area contributed by atoms with Gasteiger partial charge in [0.25, 0.3) is 0 Å². The van der Waals surface area contributed by atoms with Crippen LogP contribution in [0.25, 0.3) is 0 Å². The van der Waals surface area contributed by atoms with Crippen molar-refractivity contribution in [3.8, 4) is 0 Å². The molecule has 0 aromatic carbocycles. The van der Waals surface area contributed by atoms with Crippen LogP contribution in [0, 0.1) is 0 Å². The van der Waals surface area contributed by atoms with Crippen molar-refractivity contribution in [2.45, 2.75) is 355 Å². The van der Waals surface area contributed by atoms with Crippen molar-refractivity contribution in [1.29, 1.82) is 0 Å². The van der Waals surface area contributed by atoms with Gasteiger partial charge in [0, 0.05) is 0 Å². The van der Waals surface area contributed by atoms with Gasteiger partial charge in [-0.2, -0.15) is 0 Å². The minimum absolute atomic E-state index is 1.19. The van der Waals surface area contributed by atoms with Gasteiger partial charge < -0.3 is 0 Å². The third-order valence-corrected chi connectivity index (χ3v) is 20.6. The van der Waals surface area contributed by atoms with Gasteiger partial charge in [-0.05, 0) is 0 Å². The van der Waals surface area contributed by atoms with E-state index in [0.29, 0.717) is 0 Å². The van der Waals surface area contributed by atoms with Crippen LogP contribution in [-0.4, -0.2) is 24.6 Å². The van der Waals surface area contributed by atoms with Crippen LogP contribution in [0.3, 0.4) is 0 Å². The van der Waals surface area contributed by atoms with Gasteiger partial charge in [0.15, 0.2) is 0 Å². The fourth-order valence-corrected chi connectivity index (χ4v) is 16.1. The van der Waals surface area contributed by atoms with Crippen molar-refractivity contribution in [2.75, 3.05) is 24.6 Å². The Morgan fingerprint density at radius 2 is 0.233 bits per heavy atom. The van der Waals surface area contributed by atoms with Crippen molar-refractivity contribution in [2.24, 2.45) is 0 Å². The molecule has 60 heavy (non-hydrogen) atoms. The van der Waals surface area contributed by atoms with Crippen LogP contribution in [-0.2, 0) is 0 Å². The summed E-state index contributed by atoms with van der Waals surface area (Å²) < 4.78 is 0. The number of unbranched alkanes of at least 4 members (excludes halogenated alkanes) is 47. The minimum atomic E-state index is -1.19. The van der Waals surface area contributed by atoms with E-state index in [2.05, 4.69) is 27.7 Å². The first-order valence-corrected chi connectivity index (χ1v) is 32.6. The predicted molar refractivity (Wildman–Crippen MR) is 286 cm³/mol. The first kappa shape index (κ1) is 60.4. The van der Waals surface area contributed by atoms with E-state index < -0.39 is 7.26 Å². The van der Waals surface area contributed by atoms with E-state index in [1.54, 1.807) is 76.0 Å². The van der Waals surface area contributed by atoms with Crippen LogP contribution in [0.5, 0.6) is 0 Å². The molecule has 0 fully saturated rings. The Labute approximate surface area is 385 Å². The zero-order chi connectivity index (χ0) is 43.4. The zero-order valence-electron chi connectivity index (χ0n) is 43.4. The van der Waals surface area contributed by atoms with Gasteiger partial charge in [0.1, 0.15) is 0 Å². The molecule has 1 heteroatoms. The molecule has 0 aliphatic carbocycles. The first-order valence-electron chi connectivity index (χ1n) is 29.7. The summed E-state index contributed by atoms with van der Waals surface area (Å²) >= 11 is 0. The van der Waals surface area contributed by atoms with Crippen molar-refractivity contribution in [3.05, 3.63) is 0 Å². The third kappa shape index (κ3) is 47.9. The Bertz CT molecular complexity index is 655. The Hall–Kier alpha value is 0.430. The van der Waals surface area contributed by atoms with Gasteiger partial charge in [0.05, 0.1) is 0 Å². The van der Waals surface area contributed by atoms with Crippen LogP contribution < -0.4 is 0 Å². The summed E-state index contributed by atoms with van der Waals surface area (Å²) in [5.41, 5.74) is 0. The second-order valence-electron chi connectivity index (χ2n) is 21.1. The molecule has 364 valence electrons. The molecule has 0 aliphatic heterocycles. The van der Waals surface area contributed by atoms with E-state index in [4.69, 9.17) is 0 Å². The van der Waals surface area contributed by atoms with Gasteiger partial charge in [0.2, 0.25) is 0 Å². The van der Waals surface area contributed by atoms with Crippen LogP contribution >= 0.6 is 7.26 Å². The quantitative estimate of drug-likeness (QED) is 0.0422. The number of hydrogen-bond donors (Lipinski definition) is 0. The second kappa shape index (κ2) is 53.8. The van der Waals surface area contributed by atoms with E-state index in [1.165, 1.54) is 276 Å². The molecule has 0 atom stereocenters. The summed E-state index contributed by atoms with van der Waals surface area (Å²) in [6, 6.07) is 0. The Morgan fingerprint density at radius 1 is 0.133 bits per heavy atom. The van der Waals surface area contributed by atoms with Crippen LogP contribution in [0.4, 0.5) is 0 Å². The molecule has 0 unspecified atom stereocenters. The average Bonchev–Trinajstić information content (AvgIpc) is 3.26. The number of rotatable bonds is 55. The van der Waals surface area contributed by atoms with Gasteiger partial charge in [-0.25, -0.2) is 0 Å². The fraction of sp³-hybridized carbons (Fsp3) is 1.00. The molecule has 0 radical (unpaired) electrons. The van der Waals surface area contributed by atoms with E-state index >= 15 is 0 Å². The Kier molecular flexibility index (Phi) is 54.2. The SMILES string of the molecule is CCCCCCCCCCCCCCC[PH](CCCCCCCCCCCCCC)(CCCCCCCCCCCCCCC)CCCCCCCCCCCCCCC. The molecule has 0 rings (SSSR count). The smallest absolute Gasteiger partial charge is 0.0654 e. The molecule has 0 nitrogen and oxygen atoms in total. The molecule has 0 amide bonds. The molecule has 0 aliphatic rings. The van der Waals surface area contributed by atoms with E-state index in [0.717, 1.165) is 0 Å². The fourth-order valence-electron chi connectivity index (χ4n) is 10.6. The van der Waals surface area contributed by atoms with Gasteiger partial charge >= 0.3 is 314 Å². The minimum Gasteiger partial charge on any atom is -0.0654 e. The first-order chi connectivity index (χ1) is 29.7. The van der Waals surface area contributed by atoms with Crippen molar-refractivity contribution < 1.29 is 0 Å². The monoisotopic (exact) mass is 863 g/mol. The molecular weight excluding hydrogens is 740 g/mol. The Morgan fingerprint density at radius 3 is 0.350 bits per heavy atom. The molecule has 0 bridgehead atoms. The average molecular weight is 864 g/mol. The van der Waals surface area contributed by atoms with Crippen LogP contribution in [0.1, 0.15) is 355 Å². The summed E-state index contributed by atoms with van der Waals surface area (Å²) in [4.78, 5) is 0. The summed E-state index contributed by atoms with van der Waals surface area (Å²) in [5, 5.41) is 0. The zero-order valence-corrected chi connectivity index (χ0v) is 44.4. The topological polar surface area (TPSA) is 0 Å². The molecule has 0 saturated heterocycles. The normalized spacial score (nSPS) is 12.3. The maximum absolute atomic E-state index is 2.34. The Balaban J connectivity index is 4.92. The van der Waals surface area contributed by atoms with E-state index in [-0.39, 0.29) is 0 Å². The molecule has 0 aromatic heterocycles. The van der Waals surface area contributed by atoms with E-state index in [9.17, 15) is 0 Å². The molecule has 0 N–H and O–H groups in total. The van der Waals surface area contributed by atoms with Gasteiger partial charge in [-0.3, -0.25) is 0 Å². The predicted octanol–water partition coefficient (Wildman–Crippen LogP) is 22.7. The van der Waals surface area contributed by atoms with Crippen molar-refractivity contribution in [3.63, 3.8) is 0 Å². The molecular formula is C59H123P. The standard InChI is InChI=1S/C59H123P/c1-5-9-13-17-21-25-29-33-37-41-45-49-53-57-60(56-52-48-44-40-36-32-28-24-20-16-12-8-4,58-54-50-46-42-38-34-30-26-22-18-14-10-6-2)59-55-51-47-43-39-35-31-27-23-19-15-11-7-3/h60H,5-59H2,1-4H3. The summed E-state index contributed by atoms with van der Waals surface area (Å²) in [6.45, 7) is 9.35. The summed E-state index contributed by atoms with van der Waals surface area (Å²) in [6.07, 6.45) is 83.0. The van der Waals surface area contributed by atoms with Gasteiger partial charge in [-0.1, -0.05) is 72.6 Å². The summed E-state index contributed by atoms with van der Waals surface area (Å²) in [5.74, 6) is 0. The van der Waals surface area contributed by atoms with Crippen molar-refractivity contribution >= 4 is 7.26 Å². The van der Waals surface area contributed by atoms with Crippen LogP contribution in [0.2, 0.25) is 0 Å². The molecule has 0 spiro atoms. The van der Waals surface area contributed by atoms with Crippen LogP contribution in [0.15, 0.2) is 0 Å². The second-order valence-corrected chi connectivity index (χ2v) is 26.1. The maximum atomic E-state index is 2.34. The summed E-state index contributed by atoms with van der Waals surface area (Å²) in [7, 11) is -1.19. The van der Waals surface area contributed by atoms with Crippen molar-refractivity contribution in [1.82, 2.24) is 0 Å². The number of hydrogen-bond acceptors (Lipinski definition) is 0. The molecule has 0 saturated carbocycles. The van der Waals surface area contributed by atoms with E-state index in [1.807, 2.05) is 0 Å². The molecule has 0 aromatic rings. The molecule has 0 heterocycles. The van der Waals surface area contributed by atoms with Gasteiger partial charge in [-0.15, -0.1) is 0 Å². The third-order valence-electron chi connectivity index (χ3n) is 15.0.